The summed E-state index contributed by atoms with van der Waals surface area (Å²) in [5, 5.41) is 2.86. The van der Waals surface area contributed by atoms with E-state index in [-0.39, 0.29) is 17.7 Å². The smallest absolute Gasteiger partial charge is 0.253 e. The van der Waals surface area contributed by atoms with Crippen LogP contribution in [-0.2, 0) is 16.0 Å². The van der Waals surface area contributed by atoms with E-state index in [0.29, 0.717) is 38.0 Å². The molecule has 3 amide bonds. The van der Waals surface area contributed by atoms with E-state index in [2.05, 4.69) is 10.2 Å². The fourth-order valence-electron chi connectivity index (χ4n) is 4.29. The Bertz CT molecular complexity index is 773. The van der Waals surface area contributed by atoms with Crippen molar-refractivity contribution in [3.05, 3.63) is 29.3 Å². The molecule has 4 rings (SSSR count). The van der Waals surface area contributed by atoms with Gasteiger partial charge in [-0.05, 0) is 49.4 Å². The number of likely N-dealkylation sites (tertiary alicyclic amines) is 1. The Morgan fingerprint density at radius 2 is 1.68 bits per heavy atom. The van der Waals surface area contributed by atoms with Crippen LogP contribution in [0.5, 0.6) is 0 Å². The molecule has 2 fully saturated rings. The summed E-state index contributed by atoms with van der Waals surface area (Å²) in [7, 11) is 0. The monoisotopic (exact) mass is 384 g/mol. The summed E-state index contributed by atoms with van der Waals surface area (Å²) in [5.41, 5.74) is 2.52. The van der Waals surface area contributed by atoms with Gasteiger partial charge < -0.3 is 15.1 Å². The van der Waals surface area contributed by atoms with Gasteiger partial charge in [0.25, 0.3) is 5.91 Å². The maximum atomic E-state index is 13.0. The van der Waals surface area contributed by atoms with Gasteiger partial charge in [-0.15, -0.1) is 0 Å². The minimum Gasteiger partial charge on any atom is -0.342 e. The van der Waals surface area contributed by atoms with Crippen molar-refractivity contribution in [1.29, 1.82) is 0 Å². The molecule has 0 bridgehead atoms. The SMILES string of the molecule is O=C1CCc2cc(C(=O)N3CCCN(CC(=O)N4CCCC4)CC3)ccc2N1. The van der Waals surface area contributed by atoms with Crippen molar-refractivity contribution < 1.29 is 14.4 Å². The van der Waals surface area contributed by atoms with Crippen molar-refractivity contribution >= 4 is 23.4 Å². The number of hydrogen-bond donors (Lipinski definition) is 1. The van der Waals surface area contributed by atoms with Crippen molar-refractivity contribution in [2.75, 3.05) is 51.1 Å². The number of rotatable bonds is 3. The number of hydrogen-bond acceptors (Lipinski definition) is 4. The van der Waals surface area contributed by atoms with Crippen LogP contribution in [-0.4, -0.2) is 78.2 Å². The van der Waals surface area contributed by atoms with Crippen LogP contribution in [0, 0.1) is 0 Å². The first kappa shape index (κ1) is 18.9. The second-order valence-corrected chi connectivity index (χ2v) is 7.93. The first-order chi connectivity index (χ1) is 13.6. The molecule has 2 saturated heterocycles. The minimum atomic E-state index is 0.0302. The normalized spacial score (nSPS) is 20.5. The Labute approximate surface area is 165 Å². The number of nitrogens with zero attached hydrogens (tertiary/aromatic N) is 3. The first-order valence-corrected chi connectivity index (χ1v) is 10.3. The van der Waals surface area contributed by atoms with E-state index in [1.807, 2.05) is 21.9 Å². The van der Waals surface area contributed by atoms with Crippen LogP contribution in [0.15, 0.2) is 18.2 Å². The number of nitrogens with one attached hydrogen (secondary N) is 1. The molecule has 1 N–H and O–H groups in total. The molecule has 0 spiro atoms. The molecule has 7 nitrogen and oxygen atoms in total. The van der Waals surface area contributed by atoms with E-state index < -0.39 is 0 Å². The third kappa shape index (κ3) is 4.19. The summed E-state index contributed by atoms with van der Waals surface area (Å²) in [6, 6.07) is 5.54. The molecule has 7 heteroatoms. The third-order valence-electron chi connectivity index (χ3n) is 5.94. The highest BCUT2D eigenvalue weighted by molar-refractivity contribution is 5.98. The molecule has 0 radical (unpaired) electrons. The van der Waals surface area contributed by atoms with Gasteiger partial charge in [0.2, 0.25) is 11.8 Å². The van der Waals surface area contributed by atoms with Crippen molar-refractivity contribution in [3.8, 4) is 0 Å². The van der Waals surface area contributed by atoms with Crippen molar-refractivity contribution in [2.24, 2.45) is 0 Å². The first-order valence-electron chi connectivity index (χ1n) is 10.3. The number of benzene rings is 1. The lowest BCUT2D eigenvalue weighted by Crippen LogP contribution is -2.41. The fraction of sp³-hybridized carbons (Fsp3) is 0.571. The molecule has 3 aliphatic rings. The van der Waals surface area contributed by atoms with E-state index >= 15 is 0 Å². The second-order valence-electron chi connectivity index (χ2n) is 7.93. The number of fused-ring (bicyclic) bond motifs is 1. The number of aryl methyl sites for hydroxylation is 1. The van der Waals surface area contributed by atoms with E-state index in [9.17, 15) is 14.4 Å². The lowest BCUT2D eigenvalue weighted by atomic mass is 10.00. The lowest BCUT2D eigenvalue weighted by molar-refractivity contribution is -0.131. The Morgan fingerprint density at radius 3 is 2.50 bits per heavy atom. The van der Waals surface area contributed by atoms with Crippen LogP contribution in [0.4, 0.5) is 5.69 Å². The molecular weight excluding hydrogens is 356 g/mol. The van der Waals surface area contributed by atoms with Gasteiger partial charge in [-0.2, -0.15) is 0 Å². The number of carbonyl (C=O) groups is 3. The maximum Gasteiger partial charge on any atom is 0.253 e. The summed E-state index contributed by atoms with van der Waals surface area (Å²) in [6.07, 6.45) is 4.24. The molecule has 0 unspecified atom stereocenters. The predicted octanol–water partition coefficient (Wildman–Crippen LogP) is 1.34. The predicted molar refractivity (Wildman–Crippen MR) is 106 cm³/mol. The van der Waals surface area contributed by atoms with E-state index in [0.717, 1.165) is 56.7 Å². The van der Waals surface area contributed by atoms with Crippen molar-refractivity contribution in [2.45, 2.75) is 32.1 Å². The molecule has 0 saturated carbocycles. The highest BCUT2D eigenvalue weighted by atomic mass is 16.2. The highest BCUT2D eigenvalue weighted by Gasteiger charge is 2.25. The molecule has 1 aromatic rings. The quantitative estimate of drug-likeness (QED) is 0.854. The van der Waals surface area contributed by atoms with Gasteiger partial charge in [-0.25, -0.2) is 0 Å². The summed E-state index contributed by atoms with van der Waals surface area (Å²) in [4.78, 5) is 42.9. The zero-order valence-corrected chi connectivity index (χ0v) is 16.3. The maximum absolute atomic E-state index is 13.0. The van der Waals surface area contributed by atoms with Crippen LogP contribution in [0.2, 0.25) is 0 Å². The number of amides is 3. The van der Waals surface area contributed by atoms with Gasteiger partial charge in [0.15, 0.2) is 0 Å². The molecule has 0 aliphatic carbocycles. The van der Waals surface area contributed by atoms with Gasteiger partial charge in [0, 0.05) is 56.9 Å². The van der Waals surface area contributed by atoms with Crippen LogP contribution in [0.3, 0.4) is 0 Å². The summed E-state index contributed by atoms with van der Waals surface area (Å²) < 4.78 is 0. The minimum absolute atomic E-state index is 0.0302. The summed E-state index contributed by atoms with van der Waals surface area (Å²) >= 11 is 0. The third-order valence-corrected chi connectivity index (χ3v) is 5.94. The van der Waals surface area contributed by atoms with Crippen LogP contribution < -0.4 is 5.32 Å². The molecule has 28 heavy (non-hydrogen) atoms. The van der Waals surface area contributed by atoms with Gasteiger partial charge in [-0.3, -0.25) is 19.3 Å². The standard InChI is InChI=1S/C21H28N4O3/c26-19-7-5-16-14-17(4-6-18(16)22-19)21(28)25-11-3-8-23(12-13-25)15-20(27)24-9-1-2-10-24/h4,6,14H,1-3,5,7-13,15H2,(H,22,26). The Morgan fingerprint density at radius 1 is 0.893 bits per heavy atom. The van der Waals surface area contributed by atoms with E-state index in [4.69, 9.17) is 0 Å². The topological polar surface area (TPSA) is 73.0 Å². The Kier molecular flexibility index (Phi) is 5.62. The van der Waals surface area contributed by atoms with Crippen LogP contribution in [0.1, 0.15) is 41.6 Å². The zero-order chi connectivity index (χ0) is 19.5. The molecule has 0 aromatic heterocycles. The molecule has 150 valence electrons. The van der Waals surface area contributed by atoms with Gasteiger partial charge in [0.05, 0.1) is 6.54 Å². The average molecular weight is 384 g/mol. The van der Waals surface area contributed by atoms with Gasteiger partial charge >= 0.3 is 0 Å². The number of anilines is 1. The Hall–Kier alpha value is -2.41. The van der Waals surface area contributed by atoms with Crippen LogP contribution in [0.25, 0.3) is 0 Å². The Balaban J connectivity index is 1.35. The van der Waals surface area contributed by atoms with Gasteiger partial charge in [0.1, 0.15) is 0 Å². The second kappa shape index (κ2) is 8.31. The molecular formula is C21H28N4O3. The highest BCUT2D eigenvalue weighted by Crippen LogP contribution is 2.24. The summed E-state index contributed by atoms with van der Waals surface area (Å²) in [5.74, 6) is 0.282. The average Bonchev–Trinajstić information content (AvgIpc) is 3.15. The number of carbonyl (C=O) groups excluding carboxylic acids is 3. The van der Waals surface area contributed by atoms with E-state index in [1.54, 1.807) is 6.07 Å². The van der Waals surface area contributed by atoms with Crippen LogP contribution >= 0.6 is 0 Å². The fourth-order valence-corrected chi connectivity index (χ4v) is 4.29. The largest absolute Gasteiger partial charge is 0.342 e. The van der Waals surface area contributed by atoms with Crippen molar-refractivity contribution in [1.82, 2.24) is 14.7 Å². The zero-order valence-electron chi connectivity index (χ0n) is 16.3. The van der Waals surface area contributed by atoms with Crippen molar-refractivity contribution in [3.63, 3.8) is 0 Å². The molecule has 3 heterocycles. The van der Waals surface area contributed by atoms with E-state index in [1.165, 1.54) is 0 Å². The lowest BCUT2D eigenvalue weighted by Gasteiger charge is -2.24. The summed E-state index contributed by atoms with van der Waals surface area (Å²) in [6.45, 7) is 5.15. The molecule has 3 aliphatic heterocycles. The molecule has 0 atom stereocenters. The molecule has 1 aromatic carbocycles. The van der Waals surface area contributed by atoms with Gasteiger partial charge in [-0.1, -0.05) is 0 Å².